The number of aliphatic hydroxyl groups is 1. The Morgan fingerprint density at radius 2 is 2.60 bits per heavy atom. The fraction of sp³-hybridized carbons (Fsp3) is 0.500. The molecule has 0 amide bonds. The van der Waals surface area contributed by atoms with E-state index in [2.05, 4.69) is 11.3 Å². The van der Waals surface area contributed by atoms with Crippen molar-refractivity contribution in [2.24, 2.45) is 5.73 Å². The Morgan fingerprint density at radius 1 is 1.80 bits per heavy atom. The third kappa shape index (κ3) is 1.82. The van der Waals surface area contributed by atoms with Crippen molar-refractivity contribution in [2.45, 2.75) is 12.6 Å². The van der Waals surface area contributed by atoms with Crippen molar-refractivity contribution in [3.8, 4) is 0 Å². The number of hydrogen-bond acceptors (Lipinski definition) is 3. The van der Waals surface area contributed by atoms with E-state index >= 15 is 0 Å². The van der Waals surface area contributed by atoms with Crippen molar-refractivity contribution in [2.75, 3.05) is 6.61 Å². The third-order valence-electron chi connectivity index (χ3n) is 1.16. The Hall–Kier alpha value is -0.870. The lowest BCUT2D eigenvalue weighted by Gasteiger charge is -2.06. The maximum Gasteiger partial charge on any atom is 0.113 e. The summed E-state index contributed by atoms with van der Waals surface area (Å²) in [5.41, 5.74) is 5.44. The molecule has 0 spiro atoms. The second kappa shape index (κ2) is 3.34. The monoisotopic (exact) mass is 140 g/mol. The van der Waals surface area contributed by atoms with E-state index in [1.807, 2.05) is 0 Å². The summed E-state index contributed by atoms with van der Waals surface area (Å²) in [6, 6.07) is 1.47. The van der Waals surface area contributed by atoms with E-state index < -0.39 is 0 Å². The van der Waals surface area contributed by atoms with Crippen LogP contribution in [0.15, 0.2) is 12.3 Å². The van der Waals surface area contributed by atoms with Crippen molar-refractivity contribution in [3.05, 3.63) is 18.5 Å². The highest BCUT2D eigenvalue weighted by atomic mass is 16.3. The van der Waals surface area contributed by atoms with Crippen LogP contribution in [0.25, 0.3) is 0 Å². The van der Waals surface area contributed by atoms with Gasteiger partial charge in [0.1, 0.15) is 6.20 Å². The molecular weight excluding hydrogens is 130 g/mol. The highest BCUT2D eigenvalue weighted by Gasteiger charge is 1.99. The molecule has 0 fully saturated rings. The van der Waals surface area contributed by atoms with E-state index in [1.165, 1.54) is 0 Å². The third-order valence-corrected chi connectivity index (χ3v) is 1.16. The Labute approximate surface area is 59.3 Å². The first-order valence-corrected chi connectivity index (χ1v) is 3.09. The molecular formula is C6H10N3O. The van der Waals surface area contributed by atoms with Crippen LogP contribution in [0.4, 0.5) is 0 Å². The van der Waals surface area contributed by atoms with Crippen LogP contribution in [-0.2, 0) is 6.54 Å². The number of nitrogens with zero attached hydrogens (tertiary/aromatic N) is 2. The van der Waals surface area contributed by atoms with Gasteiger partial charge in [0.15, 0.2) is 0 Å². The molecule has 10 heavy (non-hydrogen) atoms. The summed E-state index contributed by atoms with van der Waals surface area (Å²) in [5, 5.41) is 12.4. The molecule has 0 aromatic carbocycles. The molecule has 4 nitrogen and oxygen atoms in total. The molecule has 0 aliphatic heterocycles. The topological polar surface area (TPSA) is 64.1 Å². The molecule has 0 unspecified atom stereocenters. The van der Waals surface area contributed by atoms with Gasteiger partial charge < -0.3 is 10.8 Å². The van der Waals surface area contributed by atoms with Gasteiger partial charge in [-0.05, 0) is 6.07 Å². The van der Waals surface area contributed by atoms with Crippen molar-refractivity contribution < 1.29 is 5.11 Å². The minimum atomic E-state index is -0.228. The van der Waals surface area contributed by atoms with Gasteiger partial charge in [-0.2, -0.15) is 5.10 Å². The second-order valence-electron chi connectivity index (χ2n) is 2.11. The van der Waals surface area contributed by atoms with Gasteiger partial charge in [-0.15, -0.1) is 0 Å². The van der Waals surface area contributed by atoms with Crippen molar-refractivity contribution in [3.63, 3.8) is 0 Å². The lowest BCUT2D eigenvalue weighted by Crippen LogP contribution is -2.29. The lowest BCUT2D eigenvalue weighted by molar-refractivity contribution is 0.250. The lowest BCUT2D eigenvalue weighted by atomic mass is 10.3. The summed E-state index contributed by atoms with van der Waals surface area (Å²) < 4.78 is 1.64. The van der Waals surface area contributed by atoms with Crippen LogP contribution in [0.5, 0.6) is 0 Å². The average molecular weight is 140 g/mol. The molecule has 4 heteroatoms. The Bertz CT molecular complexity index is 173. The fourth-order valence-electron chi connectivity index (χ4n) is 0.660. The zero-order valence-corrected chi connectivity index (χ0v) is 5.57. The molecule has 1 heterocycles. The highest BCUT2D eigenvalue weighted by Crippen LogP contribution is 1.86. The smallest absolute Gasteiger partial charge is 0.113 e. The Kier molecular flexibility index (Phi) is 2.42. The van der Waals surface area contributed by atoms with Crippen molar-refractivity contribution >= 4 is 0 Å². The van der Waals surface area contributed by atoms with Crippen molar-refractivity contribution in [1.29, 1.82) is 0 Å². The van der Waals surface area contributed by atoms with Crippen LogP contribution in [0.2, 0.25) is 0 Å². The Balaban J connectivity index is 2.40. The number of aliphatic hydroxyl groups excluding tert-OH is 1. The molecule has 0 saturated carbocycles. The molecule has 0 aliphatic rings. The predicted octanol–water partition coefficient (Wildman–Crippen LogP) is -0.997. The van der Waals surface area contributed by atoms with Crippen molar-refractivity contribution in [1.82, 2.24) is 9.78 Å². The van der Waals surface area contributed by atoms with Crippen LogP contribution in [0.3, 0.4) is 0 Å². The minimum absolute atomic E-state index is 0.0140. The summed E-state index contributed by atoms with van der Waals surface area (Å²) in [5.74, 6) is 0. The standard InChI is InChI=1S/C6H10N3O/c7-6(5-10)4-9-3-1-2-8-9/h1,3,6,10H,4-5,7H2/t6-/m1/s1. The van der Waals surface area contributed by atoms with E-state index in [4.69, 9.17) is 10.8 Å². The summed E-state index contributed by atoms with van der Waals surface area (Å²) in [4.78, 5) is 0. The Morgan fingerprint density at radius 3 is 3.10 bits per heavy atom. The first-order chi connectivity index (χ1) is 4.83. The highest BCUT2D eigenvalue weighted by molar-refractivity contribution is 4.76. The quantitative estimate of drug-likeness (QED) is 0.566. The largest absolute Gasteiger partial charge is 0.395 e. The molecule has 1 atom stereocenters. The zero-order valence-electron chi connectivity index (χ0n) is 5.57. The van der Waals surface area contributed by atoms with Crippen LogP contribution in [0, 0.1) is 6.20 Å². The van der Waals surface area contributed by atoms with Gasteiger partial charge in [0.25, 0.3) is 0 Å². The first-order valence-electron chi connectivity index (χ1n) is 3.09. The van der Waals surface area contributed by atoms with E-state index in [1.54, 1.807) is 16.9 Å². The maximum absolute atomic E-state index is 8.56. The zero-order chi connectivity index (χ0) is 7.40. The number of hydrogen-bond donors (Lipinski definition) is 2. The van der Waals surface area contributed by atoms with E-state index in [-0.39, 0.29) is 12.6 Å². The first kappa shape index (κ1) is 7.24. The molecule has 55 valence electrons. The molecule has 0 bridgehead atoms. The van der Waals surface area contributed by atoms with Crippen LogP contribution < -0.4 is 5.73 Å². The maximum atomic E-state index is 8.56. The number of rotatable bonds is 3. The number of aromatic nitrogens is 2. The summed E-state index contributed by atoms with van der Waals surface area (Å²) in [6.45, 7) is 0.528. The van der Waals surface area contributed by atoms with Gasteiger partial charge in [-0.25, -0.2) is 0 Å². The SMILES string of the molecule is N[C@@H](CO)Cn1cc[c]n1. The molecule has 1 aromatic heterocycles. The molecule has 0 saturated heterocycles. The fourth-order valence-corrected chi connectivity index (χ4v) is 0.660. The minimum Gasteiger partial charge on any atom is -0.395 e. The van der Waals surface area contributed by atoms with Crippen LogP contribution in [-0.4, -0.2) is 27.5 Å². The molecule has 1 aromatic rings. The summed E-state index contributed by atoms with van der Waals surface area (Å²) in [7, 11) is 0. The average Bonchev–Trinajstić information content (AvgIpc) is 2.40. The van der Waals surface area contributed by atoms with Gasteiger partial charge in [0, 0.05) is 12.2 Å². The predicted molar refractivity (Wildman–Crippen MR) is 36.1 cm³/mol. The van der Waals surface area contributed by atoms with Gasteiger partial charge in [-0.3, -0.25) is 4.68 Å². The molecule has 0 aliphatic carbocycles. The molecule has 1 rings (SSSR count). The molecule has 3 N–H and O–H groups in total. The van der Waals surface area contributed by atoms with Gasteiger partial charge in [0.05, 0.1) is 13.2 Å². The van der Waals surface area contributed by atoms with E-state index in [0.717, 1.165) is 0 Å². The van der Waals surface area contributed by atoms with E-state index in [0.29, 0.717) is 6.54 Å². The second-order valence-corrected chi connectivity index (χ2v) is 2.11. The van der Waals surface area contributed by atoms with E-state index in [9.17, 15) is 0 Å². The van der Waals surface area contributed by atoms with Crippen LogP contribution >= 0.6 is 0 Å². The van der Waals surface area contributed by atoms with Gasteiger partial charge >= 0.3 is 0 Å². The number of nitrogens with two attached hydrogens (primary N) is 1. The van der Waals surface area contributed by atoms with Gasteiger partial charge in [-0.1, -0.05) is 0 Å². The van der Waals surface area contributed by atoms with Gasteiger partial charge in [0.2, 0.25) is 0 Å². The normalized spacial score (nSPS) is 13.4. The summed E-state index contributed by atoms with van der Waals surface area (Å²) in [6.07, 6.45) is 4.39. The molecule has 1 radical (unpaired) electrons. The van der Waals surface area contributed by atoms with Crippen LogP contribution in [0.1, 0.15) is 0 Å². The summed E-state index contributed by atoms with van der Waals surface area (Å²) >= 11 is 0.